The topological polar surface area (TPSA) is 52.7 Å². The number of rotatable bonds is 5. The fraction of sp³-hybridized carbons (Fsp3) is 0.889. The molecule has 1 N–H and O–H groups in total. The van der Waals surface area contributed by atoms with Gasteiger partial charge in [-0.2, -0.15) is 0 Å². The van der Waals surface area contributed by atoms with Crippen LogP contribution in [0.1, 0.15) is 51.9 Å². The summed E-state index contributed by atoms with van der Waals surface area (Å²) in [6.07, 6.45) is 7.69. The molecule has 5 heteroatoms. The molecule has 2 atom stereocenters. The van der Waals surface area contributed by atoms with Gasteiger partial charge in [-0.25, -0.2) is 0 Å². The van der Waals surface area contributed by atoms with Crippen molar-refractivity contribution in [1.29, 1.82) is 0 Å². The molecule has 0 spiro atoms. The van der Waals surface area contributed by atoms with Gasteiger partial charge < -0.3 is 10.2 Å². The summed E-state index contributed by atoms with van der Waals surface area (Å²) in [5.74, 6) is 0.689. The average molecular weight is 321 g/mol. The van der Waals surface area contributed by atoms with Gasteiger partial charge in [-0.1, -0.05) is 13.3 Å². The number of piperidine rings is 2. The zero-order valence-electron chi connectivity index (χ0n) is 14.4. The number of carbonyl (C=O) groups is 2. The largest absolute Gasteiger partial charge is 0.354 e. The van der Waals surface area contributed by atoms with Crippen LogP contribution in [0.4, 0.5) is 0 Å². The molecule has 3 fully saturated rings. The van der Waals surface area contributed by atoms with Crippen molar-refractivity contribution in [2.75, 3.05) is 32.7 Å². The molecule has 0 aromatic rings. The first kappa shape index (κ1) is 16.7. The Hall–Kier alpha value is -1.10. The van der Waals surface area contributed by atoms with Gasteiger partial charge in [0.25, 0.3) is 0 Å². The van der Waals surface area contributed by atoms with Crippen molar-refractivity contribution in [2.24, 2.45) is 11.8 Å². The van der Waals surface area contributed by atoms with Crippen LogP contribution in [0.3, 0.4) is 0 Å². The van der Waals surface area contributed by atoms with Gasteiger partial charge in [0.15, 0.2) is 0 Å². The zero-order chi connectivity index (χ0) is 16.2. The summed E-state index contributed by atoms with van der Waals surface area (Å²) in [7, 11) is 0. The Morgan fingerprint density at radius 1 is 1.00 bits per heavy atom. The number of nitrogens with one attached hydrogen (secondary N) is 1. The highest BCUT2D eigenvalue weighted by atomic mass is 16.2. The van der Waals surface area contributed by atoms with Gasteiger partial charge in [0.2, 0.25) is 11.8 Å². The summed E-state index contributed by atoms with van der Waals surface area (Å²) >= 11 is 0. The van der Waals surface area contributed by atoms with E-state index in [1.807, 2.05) is 4.90 Å². The van der Waals surface area contributed by atoms with Crippen LogP contribution in [0.25, 0.3) is 0 Å². The molecule has 2 aliphatic heterocycles. The Balaban J connectivity index is 1.46. The van der Waals surface area contributed by atoms with E-state index in [2.05, 4.69) is 17.1 Å². The molecule has 3 aliphatic rings. The van der Waals surface area contributed by atoms with E-state index in [-0.39, 0.29) is 23.7 Å². The van der Waals surface area contributed by atoms with Crippen molar-refractivity contribution >= 4 is 11.8 Å². The lowest BCUT2D eigenvalue weighted by Gasteiger charge is -2.36. The maximum Gasteiger partial charge on any atom is 0.225 e. The van der Waals surface area contributed by atoms with E-state index in [0.29, 0.717) is 12.6 Å². The van der Waals surface area contributed by atoms with Crippen LogP contribution in [0, 0.1) is 11.8 Å². The SMILES string of the molecule is CCN1CCCCC1CNC(=O)C1CCCN(C(=O)C2CC2)C1. The molecule has 23 heavy (non-hydrogen) atoms. The van der Waals surface area contributed by atoms with Gasteiger partial charge in [-0.3, -0.25) is 14.5 Å². The van der Waals surface area contributed by atoms with E-state index in [9.17, 15) is 9.59 Å². The van der Waals surface area contributed by atoms with Gasteiger partial charge in [-0.05, 0) is 51.6 Å². The molecule has 5 nitrogen and oxygen atoms in total. The predicted molar refractivity (Wildman–Crippen MR) is 89.9 cm³/mol. The molecule has 0 radical (unpaired) electrons. The van der Waals surface area contributed by atoms with Crippen LogP contribution < -0.4 is 5.32 Å². The molecule has 2 amide bonds. The van der Waals surface area contributed by atoms with Gasteiger partial charge in [0.1, 0.15) is 0 Å². The molecule has 1 aliphatic carbocycles. The van der Waals surface area contributed by atoms with Crippen LogP contribution >= 0.6 is 0 Å². The molecular formula is C18H31N3O2. The first-order valence-electron chi connectivity index (χ1n) is 9.49. The van der Waals surface area contributed by atoms with E-state index in [1.54, 1.807) is 0 Å². The van der Waals surface area contributed by atoms with Crippen LogP contribution in [-0.4, -0.2) is 60.4 Å². The molecule has 0 aromatic heterocycles. The maximum atomic E-state index is 12.5. The first-order chi connectivity index (χ1) is 11.2. The Labute approximate surface area is 139 Å². The Bertz CT molecular complexity index is 436. The highest BCUT2D eigenvalue weighted by Crippen LogP contribution is 2.32. The Morgan fingerprint density at radius 2 is 1.83 bits per heavy atom. The molecule has 2 heterocycles. The summed E-state index contributed by atoms with van der Waals surface area (Å²) in [4.78, 5) is 29.1. The highest BCUT2D eigenvalue weighted by molar-refractivity contribution is 5.83. The van der Waals surface area contributed by atoms with E-state index in [4.69, 9.17) is 0 Å². The quantitative estimate of drug-likeness (QED) is 0.837. The standard InChI is InChI=1S/C18H31N3O2/c1-2-20-10-4-3-7-16(20)12-19-17(22)15-6-5-11-21(13-15)18(23)14-8-9-14/h14-16H,2-13H2,1H3,(H,19,22). The lowest BCUT2D eigenvalue weighted by Crippen LogP contribution is -2.50. The number of carbonyl (C=O) groups excluding carboxylic acids is 2. The molecule has 2 unspecified atom stereocenters. The third kappa shape index (κ3) is 4.25. The Morgan fingerprint density at radius 3 is 2.57 bits per heavy atom. The number of hydrogen-bond donors (Lipinski definition) is 1. The average Bonchev–Trinajstić information content (AvgIpc) is 3.44. The second kappa shape index (κ2) is 7.65. The third-order valence-electron chi connectivity index (χ3n) is 5.70. The van der Waals surface area contributed by atoms with E-state index in [0.717, 1.165) is 51.9 Å². The maximum absolute atomic E-state index is 12.5. The number of nitrogens with zero attached hydrogens (tertiary/aromatic N) is 2. The van der Waals surface area contributed by atoms with Gasteiger partial charge in [0.05, 0.1) is 5.92 Å². The predicted octanol–water partition coefficient (Wildman–Crippen LogP) is 1.63. The molecule has 2 saturated heterocycles. The van der Waals surface area contributed by atoms with Crippen LogP contribution in [0.2, 0.25) is 0 Å². The van der Waals surface area contributed by atoms with Gasteiger partial charge in [-0.15, -0.1) is 0 Å². The minimum atomic E-state index is -0.00915. The molecule has 3 rings (SSSR count). The van der Waals surface area contributed by atoms with Crippen molar-refractivity contribution in [1.82, 2.24) is 15.1 Å². The third-order valence-corrected chi connectivity index (χ3v) is 5.70. The zero-order valence-corrected chi connectivity index (χ0v) is 14.4. The summed E-state index contributed by atoms with van der Waals surface area (Å²) < 4.78 is 0. The molecular weight excluding hydrogens is 290 g/mol. The van der Waals surface area contributed by atoms with E-state index in [1.165, 1.54) is 19.3 Å². The van der Waals surface area contributed by atoms with Crippen LogP contribution in [-0.2, 0) is 9.59 Å². The minimum Gasteiger partial charge on any atom is -0.354 e. The van der Waals surface area contributed by atoms with Crippen LogP contribution in [0.15, 0.2) is 0 Å². The summed E-state index contributed by atoms with van der Waals surface area (Å²) in [5.41, 5.74) is 0. The number of likely N-dealkylation sites (N-methyl/N-ethyl adjacent to an activating group) is 1. The summed E-state index contributed by atoms with van der Waals surface area (Å²) in [6, 6.07) is 0.491. The molecule has 0 bridgehead atoms. The van der Waals surface area contributed by atoms with Crippen molar-refractivity contribution < 1.29 is 9.59 Å². The van der Waals surface area contributed by atoms with Crippen molar-refractivity contribution in [2.45, 2.75) is 57.9 Å². The normalized spacial score (nSPS) is 29.3. The number of amides is 2. The van der Waals surface area contributed by atoms with Gasteiger partial charge >= 0.3 is 0 Å². The fourth-order valence-electron chi connectivity index (χ4n) is 4.05. The van der Waals surface area contributed by atoms with Crippen molar-refractivity contribution in [3.63, 3.8) is 0 Å². The van der Waals surface area contributed by atoms with Gasteiger partial charge in [0, 0.05) is 31.6 Å². The van der Waals surface area contributed by atoms with Crippen LogP contribution in [0.5, 0.6) is 0 Å². The lowest BCUT2D eigenvalue weighted by atomic mass is 9.96. The second-order valence-electron chi connectivity index (χ2n) is 7.42. The highest BCUT2D eigenvalue weighted by Gasteiger charge is 2.36. The molecule has 1 saturated carbocycles. The smallest absolute Gasteiger partial charge is 0.225 e. The second-order valence-corrected chi connectivity index (χ2v) is 7.42. The van der Waals surface area contributed by atoms with E-state index >= 15 is 0 Å². The fourth-order valence-corrected chi connectivity index (χ4v) is 4.05. The molecule has 0 aromatic carbocycles. The first-order valence-corrected chi connectivity index (χ1v) is 9.49. The molecule has 130 valence electrons. The number of hydrogen-bond acceptors (Lipinski definition) is 3. The number of likely N-dealkylation sites (tertiary alicyclic amines) is 2. The lowest BCUT2D eigenvalue weighted by molar-refractivity contribution is -0.136. The summed E-state index contributed by atoms with van der Waals surface area (Å²) in [6.45, 7) is 6.65. The van der Waals surface area contributed by atoms with E-state index < -0.39 is 0 Å². The monoisotopic (exact) mass is 321 g/mol. The summed E-state index contributed by atoms with van der Waals surface area (Å²) in [5, 5.41) is 3.17. The van der Waals surface area contributed by atoms with Crippen molar-refractivity contribution in [3.8, 4) is 0 Å². The van der Waals surface area contributed by atoms with Crippen molar-refractivity contribution in [3.05, 3.63) is 0 Å². The Kier molecular flexibility index (Phi) is 5.57. The minimum absolute atomic E-state index is 0.00915.